The van der Waals surface area contributed by atoms with Crippen molar-refractivity contribution in [2.24, 2.45) is 22.2 Å². The third-order valence-corrected chi connectivity index (χ3v) is 3.60. The van der Waals surface area contributed by atoms with Gasteiger partial charge in [0.1, 0.15) is 0 Å². The first-order valence-corrected chi connectivity index (χ1v) is 8.56. The molecule has 21 heavy (non-hydrogen) atoms. The summed E-state index contributed by atoms with van der Waals surface area (Å²) in [4.78, 5) is 0. The average molecular weight is 298 g/mol. The van der Waals surface area contributed by atoms with Gasteiger partial charge < -0.3 is 5.32 Å². The van der Waals surface area contributed by atoms with Crippen LogP contribution in [-0.2, 0) is 0 Å². The summed E-state index contributed by atoms with van der Waals surface area (Å²) in [6, 6.07) is 0. The van der Waals surface area contributed by atoms with Crippen LogP contribution in [-0.4, -0.2) is 6.54 Å². The van der Waals surface area contributed by atoms with E-state index in [2.05, 4.69) is 88.1 Å². The van der Waals surface area contributed by atoms with E-state index in [0.29, 0.717) is 10.8 Å². The largest absolute Gasteiger partial charge is 0.388 e. The fraction of sp³-hybridized carbons (Fsp3) is 0.900. The normalized spacial score (nSPS) is 12.8. The zero-order valence-electron chi connectivity index (χ0n) is 16.9. The van der Waals surface area contributed by atoms with E-state index >= 15 is 0 Å². The first kappa shape index (κ1) is 22.8. The van der Waals surface area contributed by atoms with E-state index in [0.717, 1.165) is 18.2 Å². The van der Waals surface area contributed by atoms with Crippen LogP contribution >= 0.6 is 0 Å². The summed E-state index contributed by atoms with van der Waals surface area (Å²) in [7, 11) is 0. The number of allylic oxidation sites excluding steroid dienone is 1. The standard InChI is InChI=1S/C16H33N.C4H10/c1-10-15(6,7)11-16(8,9)12-17-13(2)14(3,4)5;1-4(2)3/h17H,2,10-12H2,1,3-9H3;4H,1-3H3. The molecular weight excluding hydrogens is 254 g/mol. The summed E-state index contributed by atoms with van der Waals surface area (Å²) >= 11 is 0. The van der Waals surface area contributed by atoms with Crippen LogP contribution < -0.4 is 5.32 Å². The Hall–Kier alpha value is -0.460. The van der Waals surface area contributed by atoms with Crippen molar-refractivity contribution in [1.82, 2.24) is 5.32 Å². The van der Waals surface area contributed by atoms with E-state index < -0.39 is 0 Å². The molecule has 0 aliphatic rings. The summed E-state index contributed by atoms with van der Waals surface area (Å²) in [6.45, 7) is 29.9. The quantitative estimate of drug-likeness (QED) is 0.578. The summed E-state index contributed by atoms with van der Waals surface area (Å²) in [5.74, 6) is 0.833. The Morgan fingerprint density at radius 2 is 1.29 bits per heavy atom. The van der Waals surface area contributed by atoms with Crippen molar-refractivity contribution in [3.63, 3.8) is 0 Å². The lowest BCUT2D eigenvalue weighted by atomic mass is 9.73. The Labute approximate surface area is 136 Å². The second-order valence-corrected chi connectivity index (χ2v) is 9.67. The molecule has 0 spiro atoms. The van der Waals surface area contributed by atoms with Crippen LogP contribution in [0.4, 0.5) is 0 Å². The van der Waals surface area contributed by atoms with Gasteiger partial charge >= 0.3 is 0 Å². The van der Waals surface area contributed by atoms with E-state index in [1.165, 1.54) is 12.8 Å². The molecule has 0 aliphatic heterocycles. The van der Waals surface area contributed by atoms with Gasteiger partial charge in [0.2, 0.25) is 0 Å². The van der Waals surface area contributed by atoms with Gasteiger partial charge in [-0.15, -0.1) is 0 Å². The molecule has 0 amide bonds. The predicted molar refractivity (Wildman–Crippen MR) is 99.6 cm³/mol. The molecule has 0 bridgehead atoms. The number of nitrogens with one attached hydrogen (secondary N) is 1. The summed E-state index contributed by atoms with van der Waals surface area (Å²) < 4.78 is 0. The molecule has 0 atom stereocenters. The summed E-state index contributed by atoms with van der Waals surface area (Å²) in [5, 5.41) is 3.52. The maximum Gasteiger partial charge on any atom is 0.0195 e. The van der Waals surface area contributed by atoms with Crippen LogP contribution in [0.1, 0.15) is 89.0 Å². The zero-order valence-corrected chi connectivity index (χ0v) is 16.9. The number of rotatable bonds is 6. The minimum Gasteiger partial charge on any atom is -0.388 e. The molecule has 0 saturated carbocycles. The monoisotopic (exact) mass is 297 g/mol. The van der Waals surface area contributed by atoms with Gasteiger partial charge in [0.25, 0.3) is 0 Å². The number of hydrogen-bond acceptors (Lipinski definition) is 1. The van der Waals surface area contributed by atoms with Crippen LogP contribution in [0.2, 0.25) is 0 Å². The second kappa shape index (κ2) is 8.86. The predicted octanol–water partition coefficient (Wildman–Crippen LogP) is 6.65. The van der Waals surface area contributed by atoms with Gasteiger partial charge in [-0.1, -0.05) is 89.2 Å². The SMILES string of the molecule is C=C(NCC(C)(C)CC(C)(C)CC)C(C)(C)C.CC(C)C. The van der Waals surface area contributed by atoms with Gasteiger partial charge in [0, 0.05) is 17.7 Å². The molecule has 0 heterocycles. The minimum atomic E-state index is 0.149. The van der Waals surface area contributed by atoms with Crippen LogP contribution in [0.5, 0.6) is 0 Å². The molecule has 0 radical (unpaired) electrons. The van der Waals surface area contributed by atoms with E-state index in [4.69, 9.17) is 0 Å². The summed E-state index contributed by atoms with van der Waals surface area (Å²) in [5.41, 5.74) is 2.03. The summed E-state index contributed by atoms with van der Waals surface area (Å²) in [6.07, 6.45) is 2.47. The lowest BCUT2D eigenvalue weighted by Gasteiger charge is -2.36. The second-order valence-electron chi connectivity index (χ2n) is 9.67. The molecule has 0 unspecified atom stereocenters. The van der Waals surface area contributed by atoms with Crippen LogP contribution in [0, 0.1) is 22.2 Å². The molecule has 1 N–H and O–H groups in total. The van der Waals surface area contributed by atoms with E-state index in [9.17, 15) is 0 Å². The molecule has 1 heteroatoms. The molecule has 0 saturated heterocycles. The first-order valence-electron chi connectivity index (χ1n) is 8.56. The van der Waals surface area contributed by atoms with Crippen molar-refractivity contribution in [1.29, 1.82) is 0 Å². The highest BCUT2D eigenvalue weighted by molar-refractivity contribution is 5.03. The average Bonchev–Trinajstić information content (AvgIpc) is 2.22. The zero-order chi connectivity index (χ0) is 17.5. The molecule has 0 aliphatic carbocycles. The van der Waals surface area contributed by atoms with Gasteiger partial charge in [-0.3, -0.25) is 0 Å². The van der Waals surface area contributed by atoms with Crippen LogP contribution in [0.15, 0.2) is 12.3 Å². The molecule has 128 valence electrons. The van der Waals surface area contributed by atoms with Crippen LogP contribution in [0.3, 0.4) is 0 Å². The van der Waals surface area contributed by atoms with Gasteiger partial charge in [0.05, 0.1) is 0 Å². The van der Waals surface area contributed by atoms with Crippen molar-refractivity contribution in [2.45, 2.75) is 89.0 Å². The molecule has 0 rings (SSSR count). The molecule has 1 nitrogen and oxygen atoms in total. The maximum atomic E-state index is 4.13. The van der Waals surface area contributed by atoms with Gasteiger partial charge in [-0.2, -0.15) is 0 Å². The van der Waals surface area contributed by atoms with E-state index in [1.54, 1.807) is 0 Å². The van der Waals surface area contributed by atoms with Crippen molar-refractivity contribution < 1.29 is 0 Å². The Morgan fingerprint density at radius 1 is 0.905 bits per heavy atom. The maximum absolute atomic E-state index is 4.13. The third kappa shape index (κ3) is 14.2. The Morgan fingerprint density at radius 3 is 1.57 bits per heavy atom. The van der Waals surface area contributed by atoms with Crippen molar-refractivity contribution in [3.05, 3.63) is 12.3 Å². The fourth-order valence-electron chi connectivity index (χ4n) is 2.09. The van der Waals surface area contributed by atoms with Gasteiger partial charge in [-0.25, -0.2) is 0 Å². The highest BCUT2D eigenvalue weighted by Gasteiger charge is 2.28. The van der Waals surface area contributed by atoms with Crippen molar-refractivity contribution >= 4 is 0 Å². The molecule has 0 aromatic carbocycles. The Bertz CT molecular complexity index is 287. The Balaban J connectivity index is 0. The lowest BCUT2D eigenvalue weighted by Crippen LogP contribution is -2.35. The Kier molecular flexibility index (Phi) is 9.62. The molecule has 0 aromatic rings. The van der Waals surface area contributed by atoms with Crippen molar-refractivity contribution in [3.8, 4) is 0 Å². The van der Waals surface area contributed by atoms with E-state index in [-0.39, 0.29) is 5.41 Å². The third-order valence-electron chi connectivity index (χ3n) is 3.60. The highest BCUT2D eigenvalue weighted by Crippen LogP contribution is 2.36. The topological polar surface area (TPSA) is 12.0 Å². The smallest absolute Gasteiger partial charge is 0.0195 e. The molecule has 0 aromatic heterocycles. The lowest BCUT2D eigenvalue weighted by molar-refractivity contribution is 0.185. The highest BCUT2D eigenvalue weighted by atomic mass is 14.9. The first-order chi connectivity index (χ1) is 9.13. The fourth-order valence-corrected chi connectivity index (χ4v) is 2.09. The van der Waals surface area contributed by atoms with Crippen LogP contribution in [0.25, 0.3) is 0 Å². The minimum absolute atomic E-state index is 0.149. The number of hydrogen-bond donors (Lipinski definition) is 1. The van der Waals surface area contributed by atoms with Gasteiger partial charge in [0.15, 0.2) is 0 Å². The van der Waals surface area contributed by atoms with E-state index in [1.807, 2.05) is 0 Å². The molecular formula is C20H43N. The van der Waals surface area contributed by atoms with Gasteiger partial charge in [-0.05, 0) is 23.2 Å². The molecule has 0 fully saturated rings. The van der Waals surface area contributed by atoms with Crippen molar-refractivity contribution in [2.75, 3.05) is 6.54 Å².